The number of carbonyl (C=O) groups excluding carboxylic acids is 2. The lowest BCUT2D eigenvalue weighted by atomic mass is 10.0. The Hall–Kier alpha value is -1.64. The van der Waals surface area contributed by atoms with Crippen molar-refractivity contribution in [1.82, 2.24) is 0 Å². The van der Waals surface area contributed by atoms with Crippen LogP contribution in [-0.4, -0.2) is 18.7 Å². The molecule has 0 aliphatic rings. The maximum atomic E-state index is 11.2. The lowest BCUT2D eigenvalue weighted by molar-refractivity contribution is -0.116. The highest BCUT2D eigenvalue weighted by molar-refractivity contribution is 5.94. The van der Waals surface area contributed by atoms with Gasteiger partial charge < -0.3 is 4.74 Å². The Morgan fingerprint density at radius 2 is 1.93 bits per heavy atom. The van der Waals surface area contributed by atoms with Gasteiger partial charge in [-0.3, -0.25) is 9.59 Å². The van der Waals surface area contributed by atoms with Gasteiger partial charge in [0.15, 0.2) is 5.78 Å². The van der Waals surface area contributed by atoms with Crippen molar-refractivity contribution < 1.29 is 14.3 Å². The quantitative estimate of drug-likeness (QED) is 0.708. The van der Waals surface area contributed by atoms with Crippen LogP contribution in [0.15, 0.2) is 18.2 Å². The molecule has 80 valence electrons. The van der Waals surface area contributed by atoms with E-state index in [1.807, 2.05) is 0 Å². The Bertz CT molecular complexity index is 394. The van der Waals surface area contributed by atoms with Gasteiger partial charge in [0.2, 0.25) is 0 Å². The number of hydrogen-bond acceptors (Lipinski definition) is 3. The van der Waals surface area contributed by atoms with E-state index in [0.717, 1.165) is 5.56 Å². The molecule has 0 N–H and O–H groups in total. The number of benzene rings is 1. The summed E-state index contributed by atoms with van der Waals surface area (Å²) in [5.41, 5.74) is 1.37. The molecule has 0 saturated carbocycles. The van der Waals surface area contributed by atoms with Gasteiger partial charge in [-0.25, -0.2) is 0 Å². The zero-order valence-electron chi connectivity index (χ0n) is 9.16. The van der Waals surface area contributed by atoms with Gasteiger partial charge in [-0.15, -0.1) is 0 Å². The van der Waals surface area contributed by atoms with Crippen LogP contribution in [-0.2, 0) is 11.2 Å². The van der Waals surface area contributed by atoms with Crippen LogP contribution < -0.4 is 4.74 Å². The van der Waals surface area contributed by atoms with E-state index in [4.69, 9.17) is 4.74 Å². The summed E-state index contributed by atoms with van der Waals surface area (Å²) in [7, 11) is 1.55. The topological polar surface area (TPSA) is 43.4 Å². The van der Waals surface area contributed by atoms with Gasteiger partial charge in [0, 0.05) is 17.5 Å². The molecule has 0 aliphatic carbocycles. The Balaban J connectivity index is 3.12. The zero-order chi connectivity index (χ0) is 11.4. The average molecular weight is 206 g/mol. The number of Topliss-reactive ketones (excluding diaryl/α,β-unsaturated/α-hetero) is 2. The highest BCUT2D eigenvalue weighted by Gasteiger charge is 2.08. The molecule has 0 unspecified atom stereocenters. The Labute approximate surface area is 89.1 Å². The molecule has 0 bridgehead atoms. The monoisotopic (exact) mass is 206 g/mol. The number of rotatable bonds is 4. The van der Waals surface area contributed by atoms with Crippen molar-refractivity contribution in [1.29, 1.82) is 0 Å². The first-order valence-corrected chi connectivity index (χ1v) is 4.72. The molecule has 0 heterocycles. The fourth-order valence-electron chi connectivity index (χ4n) is 1.40. The molecule has 0 amide bonds. The first-order valence-electron chi connectivity index (χ1n) is 4.72. The summed E-state index contributed by atoms with van der Waals surface area (Å²) in [6.45, 7) is 3.01. The van der Waals surface area contributed by atoms with Crippen molar-refractivity contribution in [3.8, 4) is 5.75 Å². The van der Waals surface area contributed by atoms with E-state index in [2.05, 4.69) is 0 Å². The minimum absolute atomic E-state index is 0.0116. The fourth-order valence-corrected chi connectivity index (χ4v) is 1.40. The predicted molar refractivity (Wildman–Crippen MR) is 57.4 cm³/mol. The van der Waals surface area contributed by atoms with Crippen LogP contribution in [0, 0.1) is 0 Å². The van der Waals surface area contributed by atoms with Gasteiger partial charge >= 0.3 is 0 Å². The number of carbonyl (C=O) groups is 2. The molecule has 15 heavy (non-hydrogen) atoms. The molecule has 0 fully saturated rings. The summed E-state index contributed by atoms with van der Waals surface area (Å²) >= 11 is 0. The van der Waals surface area contributed by atoms with Crippen LogP contribution in [0.5, 0.6) is 5.75 Å². The fraction of sp³-hybridized carbons (Fsp3) is 0.333. The van der Waals surface area contributed by atoms with Gasteiger partial charge in [-0.05, 0) is 32.0 Å². The summed E-state index contributed by atoms with van der Waals surface area (Å²) < 4.78 is 5.12. The Kier molecular flexibility index (Phi) is 3.61. The minimum Gasteiger partial charge on any atom is -0.496 e. The van der Waals surface area contributed by atoms with Crippen LogP contribution in [0.25, 0.3) is 0 Å². The summed E-state index contributed by atoms with van der Waals surface area (Å²) in [5, 5.41) is 0. The molecule has 1 aromatic rings. The third-order valence-electron chi connectivity index (χ3n) is 2.13. The van der Waals surface area contributed by atoms with E-state index >= 15 is 0 Å². The van der Waals surface area contributed by atoms with E-state index < -0.39 is 0 Å². The van der Waals surface area contributed by atoms with Crippen molar-refractivity contribution >= 4 is 11.6 Å². The maximum Gasteiger partial charge on any atom is 0.159 e. The lowest BCUT2D eigenvalue weighted by Crippen LogP contribution is -2.02. The molecule has 0 spiro atoms. The molecule has 0 radical (unpaired) electrons. The molecular formula is C12H14O3. The van der Waals surface area contributed by atoms with Gasteiger partial charge in [-0.2, -0.15) is 0 Å². The highest BCUT2D eigenvalue weighted by Crippen LogP contribution is 2.20. The summed E-state index contributed by atoms with van der Waals surface area (Å²) in [6.07, 6.45) is 0.296. The second-order valence-corrected chi connectivity index (χ2v) is 3.46. The van der Waals surface area contributed by atoms with E-state index in [9.17, 15) is 9.59 Å². The van der Waals surface area contributed by atoms with E-state index in [0.29, 0.717) is 17.7 Å². The van der Waals surface area contributed by atoms with Gasteiger partial charge in [0.25, 0.3) is 0 Å². The number of hydrogen-bond donors (Lipinski definition) is 0. The summed E-state index contributed by atoms with van der Waals surface area (Å²) in [6, 6.07) is 5.13. The molecule has 0 atom stereocenters. The Morgan fingerprint density at radius 3 is 2.40 bits per heavy atom. The van der Waals surface area contributed by atoms with Crippen molar-refractivity contribution in [2.24, 2.45) is 0 Å². The maximum absolute atomic E-state index is 11.2. The largest absolute Gasteiger partial charge is 0.496 e. The van der Waals surface area contributed by atoms with E-state index in [1.54, 1.807) is 25.3 Å². The smallest absolute Gasteiger partial charge is 0.159 e. The van der Waals surface area contributed by atoms with Gasteiger partial charge in [-0.1, -0.05) is 0 Å². The van der Waals surface area contributed by atoms with Crippen LogP contribution >= 0.6 is 0 Å². The molecule has 1 rings (SSSR count). The van der Waals surface area contributed by atoms with Gasteiger partial charge in [0.1, 0.15) is 11.5 Å². The van der Waals surface area contributed by atoms with Crippen molar-refractivity contribution in [2.75, 3.05) is 7.11 Å². The van der Waals surface area contributed by atoms with Crippen LogP contribution in [0.4, 0.5) is 0 Å². The summed E-state index contributed by atoms with van der Waals surface area (Å²) in [4.78, 5) is 22.2. The molecule has 3 heteroatoms. The van der Waals surface area contributed by atoms with Crippen LogP contribution in [0.1, 0.15) is 29.8 Å². The van der Waals surface area contributed by atoms with Crippen molar-refractivity contribution in [3.05, 3.63) is 29.3 Å². The molecule has 3 nitrogen and oxygen atoms in total. The van der Waals surface area contributed by atoms with Crippen molar-refractivity contribution in [2.45, 2.75) is 20.3 Å². The average Bonchev–Trinajstić information content (AvgIpc) is 2.16. The molecule has 0 aromatic heterocycles. The van der Waals surface area contributed by atoms with Gasteiger partial charge in [0.05, 0.1) is 7.11 Å². The Morgan fingerprint density at radius 1 is 1.27 bits per heavy atom. The van der Waals surface area contributed by atoms with E-state index in [1.165, 1.54) is 13.8 Å². The molecule has 0 aliphatic heterocycles. The van der Waals surface area contributed by atoms with E-state index in [-0.39, 0.29) is 11.6 Å². The molecule has 0 saturated heterocycles. The van der Waals surface area contributed by atoms with Crippen LogP contribution in [0.3, 0.4) is 0 Å². The molecule has 1 aromatic carbocycles. The number of ether oxygens (including phenoxy) is 1. The highest BCUT2D eigenvalue weighted by atomic mass is 16.5. The second kappa shape index (κ2) is 4.73. The second-order valence-electron chi connectivity index (χ2n) is 3.46. The predicted octanol–water partition coefficient (Wildman–Crippen LogP) is 2.03. The lowest BCUT2D eigenvalue weighted by Gasteiger charge is -2.08. The third kappa shape index (κ3) is 2.91. The normalized spacial score (nSPS) is 9.80. The number of ketones is 2. The first kappa shape index (κ1) is 11.4. The standard InChI is InChI=1S/C12H14O3/c1-8(13)6-11-7-10(9(2)14)4-5-12(11)15-3/h4-5,7H,6H2,1-3H3. The van der Waals surface area contributed by atoms with Crippen LogP contribution in [0.2, 0.25) is 0 Å². The SMILES string of the molecule is COc1ccc(C(C)=O)cc1CC(C)=O. The third-order valence-corrected chi connectivity index (χ3v) is 2.13. The zero-order valence-corrected chi connectivity index (χ0v) is 9.16. The first-order chi connectivity index (χ1) is 7.04. The molecular weight excluding hydrogens is 192 g/mol. The summed E-state index contributed by atoms with van der Waals surface area (Å²) in [5.74, 6) is 0.687. The number of methoxy groups -OCH3 is 1. The minimum atomic E-state index is -0.0116. The van der Waals surface area contributed by atoms with Crippen molar-refractivity contribution in [3.63, 3.8) is 0 Å².